The summed E-state index contributed by atoms with van der Waals surface area (Å²) in [6.07, 6.45) is 2.91. The number of aromatic nitrogens is 2. The first kappa shape index (κ1) is 12.4. The van der Waals surface area contributed by atoms with Crippen molar-refractivity contribution in [1.82, 2.24) is 9.97 Å². The number of rotatable bonds is 2. The number of nitrogens with zero attached hydrogens (tertiary/aromatic N) is 4. The van der Waals surface area contributed by atoms with Gasteiger partial charge in [-0.15, -0.1) is 0 Å². The average molecular weight is 270 g/mol. The number of para-hydroxylation sites is 2. The lowest BCUT2D eigenvalue weighted by molar-refractivity contribution is 0.0691. The van der Waals surface area contributed by atoms with Crippen molar-refractivity contribution in [1.29, 1.82) is 0 Å². The Morgan fingerprint density at radius 1 is 1.15 bits per heavy atom. The first-order valence-electron chi connectivity index (χ1n) is 6.30. The highest BCUT2D eigenvalue weighted by Gasteiger charge is 2.26. The number of hydrogen-bond acceptors (Lipinski definition) is 5. The summed E-state index contributed by atoms with van der Waals surface area (Å²) in [5, 5.41) is 9.26. The number of benzene rings is 1. The third-order valence-electron chi connectivity index (χ3n) is 3.38. The molecule has 0 radical (unpaired) electrons. The molecule has 3 rings (SSSR count). The predicted octanol–water partition coefficient (Wildman–Crippen LogP) is 1.76. The molecule has 0 spiro atoms. The number of carboxylic acid groups (broad SMARTS) is 1. The molecule has 2 heterocycles. The highest BCUT2D eigenvalue weighted by atomic mass is 16.4. The number of carboxylic acids is 1. The van der Waals surface area contributed by atoms with Crippen LogP contribution in [0.15, 0.2) is 36.7 Å². The molecule has 1 aromatic carbocycles. The maximum absolute atomic E-state index is 11.3. The van der Waals surface area contributed by atoms with Crippen molar-refractivity contribution in [3.05, 3.63) is 42.4 Å². The summed E-state index contributed by atoms with van der Waals surface area (Å²) in [6, 6.07) is 7.87. The molecule has 6 heteroatoms. The Morgan fingerprint density at radius 2 is 1.85 bits per heavy atom. The van der Waals surface area contributed by atoms with Gasteiger partial charge in [0.25, 0.3) is 0 Å². The molecule has 0 unspecified atom stereocenters. The number of fused-ring (bicyclic) bond motifs is 1. The van der Waals surface area contributed by atoms with Gasteiger partial charge in [-0.3, -0.25) is 0 Å². The molecule has 102 valence electrons. The van der Waals surface area contributed by atoms with Gasteiger partial charge in [-0.2, -0.15) is 0 Å². The second-order valence-electron chi connectivity index (χ2n) is 4.60. The lowest BCUT2D eigenvalue weighted by atomic mass is 10.1. The van der Waals surface area contributed by atoms with E-state index in [-0.39, 0.29) is 5.69 Å². The Balaban J connectivity index is 2.13. The van der Waals surface area contributed by atoms with Crippen LogP contribution in [-0.2, 0) is 0 Å². The second-order valence-corrected chi connectivity index (χ2v) is 4.60. The zero-order chi connectivity index (χ0) is 14.1. The number of likely N-dealkylation sites (N-methyl/N-ethyl adjacent to an activating group) is 1. The molecule has 0 atom stereocenters. The summed E-state index contributed by atoms with van der Waals surface area (Å²) in [4.78, 5) is 23.5. The van der Waals surface area contributed by atoms with Crippen LogP contribution in [0.1, 0.15) is 10.5 Å². The average Bonchev–Trinajstić information content (AvgIpc) is 2.48. The largest absolute Gasteiger partial charge is 0.476 e. The van der Waals surface area contributed by atoms with Crippen molar-refractivity contribution >= 4 is 23.2 Å². The van der Waals surface area contributed by atoms with Gasteiger partial charge in [0.2, 0.25) is 0 Å². The van der Waals surface area contributed by atoms with E-state index < -0.39 is 5.97 Å². The Bertz CT molecular complexity index is 659. The van der Waals surface area contributed by atoms with Crippen LogP contribution in [0, 0.1) is 0 Å². The van der Waals surface area contributed by atoms with Gasteiger partial charge in [-0.25, -0.2) is 14.8 Å². The summed E-state index contributed by atoms with van der Waals surface area (Å²) in [5.41, 5.74) is 1.98. The lowest BCUT2D eigenvalue weighted by Gasteiger charge is -2.36. The number of hydrogen-bond donors (Lipinski definition) is 1. The highest BCUT2D eigenvalue weighted by Crippen LogP contribution is 2.36. The predicted molar refractivity (Wildman–Crippen MR) is 75.7 cm³/mol. The fourth-order valence-electron chi connectivity index (χ4n) is 2.41. The highest BCUT2D eigenvalue weighted by molar-refractivity contribution is 5.93. The summed E-state index contributed by atoms with van der Waals surface area (Å²) >= 11 is 0. The molecular formula is C14H14N4O2. The van der Waals surface area contributed by atoms with Crippen LogP contribution in [0.4, 0.5) is 17.2 Å². The third kappa shape index (κ3) is 1.95. The van der Waals surface area contributed by atoms with E-state index in [4.69, 9.17) is 0 Å². The van der Waals surface area contributed by atoms with Gasteiger partial charge < -0.3 is 14.9 Å². The molecule has 0 aliphatic carbocycles. The molecule has 0 saturated heterocycles. The molecule has 20 heavy (non-hydrogen) atoms. The first-order chi connectivity index (χ1) is 9.68. The number of aromatic carboxylic acids is 1. The van der Waals surface area contributed by atoms with E-state index in [0.29, 0.717) is 12.4 Å². The molecule has 0 bridgehead atoms. The van der Waals surface area contributed by atoms with E-state index in [1.165, 1.54) is 12.4 Å². The zero-order valence-electron chi connectivity index (χ0n) is 11.0. The fourth-order valence-corrected chi connectivity index (χ4v) is 2.41. The first-order valence-corrected chi connectivity index (χ1v) is 6.30. The van der Waals surface area contributed by atoms with E-state index in [1.807, 2.05) is 36.2 Å². The van der Waals surface area contributed by atoms with Gasteiger partial charge >= 0.3 is 5.97 Å². The zero-order valence-corrected chi connectivity index (χ0v) is 11.0. The molecule has 1 aliphatic rings. The molecule has 1 aliphatic heterocycles. The quantitative estimate of drug-likeness (QED) is 0.896. The van der Waals surface area contributed by atoms with Crippen molar-refractivity contribution in [3.63, 3.8) is 0 Å². The third-order valence-corrected chi connectivity index (χ3v) is 3.38. The molecule has 6 nitrogen and oxygen atoms in total. The van der Waals surface area contributed by atoms with Crippen molar-refractivity contribution in [3.8, 4) is 0 Å². The van der Waals surface area contributed by atoms with Crippen molar-refractivity contribution in [2.45, 2.75) is 0 Å². The van der Waals surface area contributed by atoms with Crippen LogP contribution in [0.2, 0.25) is 0 Å². The summed E-state index contributed by atoms with van der Waals surface area (Å²) in [6.45, 7) is 1.47. The van der Waals surface area contributed by atoms with E-state index in [1.54, 1.807) is 0 Å². The van der Waals surface area contributed by atoms with Crippen molar-refractivity contribution < 1.29 is 9.90 Å². The normalized spacial score (nSPS) is 14.1. The van der Waals surface area contributed by atoms with E-state index in [2.05, 4.69) is 14.9 Å². The van der Waals surface area contributed by atoms with Gasteiger partial charge in [0.1, 0.15) is 0 Å². The number of anilines is 3. The van der Waals surface area contributed by atoms with Crippen LogP contribution in [0.3, 0.4) is 0 Å². The topological polar surface area (TPSA) is 69.6 Å². The van der Waals surface area contributed by atoms with Gasteiger partial charge in [-0.05, 0) is 12.1 Å². The fraction of sp³-hybridized carbons (Fsp3) is 0.214. The van der Waals surface area contributed by atoms with Gasteiger partial charge in [-0.1, -0.05) is 12.1 Å². The van der Waals surface area contributed by atoms with E-state index >= 15 is 0 Å². The maximum atomic E-state index is 11.3. The van der Waals surface area contributed by atoms with Crippen LogP contribution in [0.25, 0.3) is 0 Å². The molecule has 2 aromatic rings. The molecule has 1 N–H and O–H groups in total. The van der Waals surface area contributed by atoms with Crippen LogP contribution >= 0.6 is 0 Å². The van der Waals surface area contributed by atoms with Crippen LogP contribution in [-0.4, -0.2) is 41.2 Å². The van der Waals surface area contributed by atoms with Crippen LogP contribution < -0.4 is 9.80 Å². The van der Waals surface area contributed by atoms with E-state index in [9.17, 15) is 9.90 Å². The summed E-state index contributed by atoms with van der Waals surface area (Å²) < 4.78 is 0. The van der Waals surface area contributed by atoms with E-state index in [0.717, 1.165) is 17.9 Å². The Kier molecular flexibility index (Phi) is 2.98. The van der Waals surface area contributed by atoms with Crippen LogP contribution in [0.5, 0.6) is 0 Å². The number of carbonyl (C=O) groups is 1. The molecular weight excluding hydrogens is 256 g/mol. The smallest absolute Gasteiger partial charge is 0.358 e. The minimum atomic E-state index is -1.07. The van der Waals surface area contributed by atoms with Crippen molar-refractivity contribution in [2.24, 2.45) is 0 Å². The monoisotopic (exact) mass is 270 g/mol. The molecule has 0 amide bonds. The standard InChI is InChI=1S/C14H14N4O2/c1-17-8-9-18(11-5-3-2-4-10(11)17)13-12(14(19)20)15-6-7-16-13/h2-7H,8-9H2,1H3,(H,19,20). The molecule has 1 aromatic heterocycles. The summed E-state index contributed by atoms with van der Waals surface area (Å²) in [7, 11) is 2.02. The van der Waals surface area contributed by atoms with Gasteiger partial charge in [0.05, 0.1) is 11.4 Å². The maximum Gasteiger partial charge on any atom is 0.358 e. The van der Waals surface area contributed by atoms with Crippen molar-refractivity contribution in [2.75, 3.05) is 29.9 Å². The Labute approximate surface area is 116 Å². The molecule has 0 fully saturated rings. The Morgan fingerprint density at radius 3 is 2.60 bits per heavy atom. The van der Waals surface area contributed by atoms with Gasteiger partial charge in [0.15, 0.2) is 11.5 Å². The SMILES string of the molecule is CN1CCN(c2nccnc2C(=O)O)c2ccccc21. The molecule has 0 saturated carbocycles. The second kappa shape index (κ2) is 4.80. The minimum absolute atomic E-state index is 0.0214. The van der Waals surface area contributed by atoms with Gasteiger partial charge in [0, 0.05) is 32.5 Å². The minimum Gasteiger partial charge on any atom is -0.476 e. The lowest BCUT2D eigenvalue weighted by Crippen LogP contribution is -2.37. The summed E-state index contributed by atoms with van der Waals surface area (Å²) in [5.74, 6) is -0.676. The Hall–Kier alpha value is -2.63.